The number of benzene rings is 2. The number of hydrogen-bond acceptors (Lipinski definition) is 7. The number of hydrogen-bond donors (Lipinski definition) is 1. The highest BCUT2D eigenvalue weighted by molar-refractivity contribution is 7.92. The van der Waals surface area contributed by atoms with Gasteiger partial charge in [0.2, 0.25) is 5.82 Å². The monoisotopic (exact) mass is 462 g/mol. The Balaban J connectivity index is 1.82. The Morgan fingerprint density at radius 3 is 2.50 bits per heavy atom. The first kappa shape index (κ1) is 21.4. The Hall–Kier alpha value is -3.84. The molecular formula is C19H15FN4O7S. The van der Waals surface area contributed by atoms with Gasteiger partial charge in [-0.25, -0.2) is 13.2 Å². The number of nitro groups is 1. The third kappa shape index (κ3) is 3.78. The van der Waals surface area contributed by atoms with Gasteiger partial charge in [-0.05, 0) is 18.2 Å². The number of non-ortho nitro benzene ring substituents is 1. The lowest BCUT2D eigenvalue weighted by Gasteiger charge is -2.27. The van der Waals surface area contributed by atoms with Gasteiger partial charge in [0.1, 0.15) is 0 Å². The van der Waals surface area contributed by atoms with Crippen molar-refractivity contribution in [3.8, 4) is 0 Å². The van der Waals surface area contributed by atoms with Gasteiger partial charge in [-0.3, -0.25) is 28.8 Å². The first-order valence-corrected chi connectivity index (χ1v) is 10.6. The molecule has 2 aromatic carbocycles. The molecule has 1 aliphatic rings. The standard InChI is InChI=1S/C19H15FN4O7S/c20-15-9-22(19(26)21-18(15)25)17-10-23(16-4-2-1-3-12(16)11-31-17)32(29,30)14-7-5-13(6-8-14)24(27)28/h1-9,17H,10-11H2,(H,21,25,26)/t17-/m0/s1. The summed E-state index contributed by atoms with van der Waals surface area (Å²) in [4.78, 5) is 35.4. The van der Waals surface area contributed by atoms with Crippen LogP contribution in [0, 0.1) is 15.9 Å². The number of fused-ring (bicyclic) bond motifs is 1. The molecular weight excluding hydrogens is 447 g/mol. The molecule has 11 nitrogen and oxygen atoms in total. The average molecular weight is 462 g/mol. The van der Waals surface area contributed by atoms with Gasteiger partial charge >= 0.3 is 5.69 Å². The number of aromatic amines is 1. The summed E-state index contributed by atoms with van der Waals surface area (Å²) in [6.45, 7) is -0.526. The molecule has 0 saturated heterocycles. The van der Waals surface area contributed by atoms with Crippen molar-refractivity contribution in [1.82, 2.24) is 9.55 Å². The van der Waals surface area contributed by atoms with Crippen molar-refractivity contribution < 1.29 is 22.5 Å². The second-order valence-electron chi connectivity index (χ2n) is 6.83. The largest absolute Gasteiger partial charge is 0.351 e. The van der Waals surface area contributed by atoms with E-state index in [4.69, 9.17) is 4.74 Å². The highest BCUT2D eigenvalue weighted by atomic mass is 32.2. The molecule has 3 aromatic rings. The van der Waals surface area contributed by atoms with Crippen LogP contribution < -0.4 is 15.6 Å². The van der Waals surface area contributed by atoms with Crippen LogP contribution in [-0.2, 0) is 21.4 Å². The summed E-state index contributed by atoms with van der Waals surface area (Å²) in [5.74, 6) is -1.24. The molecule has 1 N–H and O–H groups in total. The molecule has 0 fully saturated rings. The van der Waals surface area contributed by atoms with Crippen LogP contribution in [0.25, 0.3) is 0 Å². The highest BCUT2D eigenvalue weighted by Crippen LogP contribution is 2.33. The van der Waals surface area contributed by atoms with E-state index in [1.165, 1.54) is 0 Å². The van der Waals surface area contributed by atoms with Crippen LogP contribution in [-0.4, -0.2) is 29.4 Å². The minimum Gasteiger partial charge on any atom is -0.351 e. The lowest BCUT2D eigenvalue weighted by atomic mass is 10.2. The summed E-state index contributed by atoms with van der Waals surface area (Å²) in [6.07, 6.45) is -0.618. The van der Waals surface area contributed by atoms with Gasteiger partial charge in [-0.1, -0.05) is 18.2 Å². The molecule has 1 atom stereocenters. The first-order valence-electron chi connectivity index (χ1n) is 9.16. The number of para-hydroxylation sites is 1. The van der Waals surface area contributed by atoms with E-state index in [-0.39, 0.29) is 22.9 Å². The second-order valence-corrected chi connectivity index (χ2v) is 8.69. The molecule has 166 valence electrons. The zero-order valence-electron chi connectivity index (χ0n) is 16.2. The summed E-state index contributed by atoms with van der Waals surface area (Å²) in [5, 5.41) is 10.9. The SMILES string of the molecule is O=c1[nH]c(=O)n([C@@H]2CN(S(=O)(=O)c3ccc([N+](=O)[O-])cc3)c3ccccc3CO2)cc1F. The molecule has 0 amide bonds. The zero-order chi connectivity index (χ0) is 23.0. The van der Waals surface area contributed by atoms with Crippen LogP contribution in [0.2, 0.25) is 0 Å². The number of nitro benzene ring substituents is 1. The average Bonchev–Trinajstić information content (AvgIpc) is 2.97. The maximum Gasteiger partial charge on any atom is 0.330 e. The van der Waals surface area contributed by atoms with E-state index in [0.29, 0.717) is 11.8 Å². The Bertz CT molecular complexity index is 1420. The van der Waals surface area contributed by atoms with E-state index in [1.807, 2.05) is 4.98 Å². The van der Waals surface area contributed by atoms with Gasteiger partial charge < -0.3 is 4.74 Å². The molecule has 13 heteroatoms. The van der Waals surface area contributed by atoms with Crippen molar-refractivity contribution in [3.63, 3.8) is 0 Å². The van der Waals surface area contributed by atoms with Gasteiger partial charge in [0.15, 0.2) is 6.23 Å². The van der Waals surface area contributed by atoms with Crippen molar-refractivity contribution >= 4 is 21.4 Å². The van der Waals surface area contributed by atoms with Crippen LogP contribution >= 0.6 is 0 Å². The molecule has 0 saturated carbocycles. The van der Waals surface area contributed by atoms with E-state index in [2.05, 4.69) is 0 Å². The van der Waals surface area contributed by atoms with Crippen molar-refractivity contribution in [3.05, 3.63) is 97.1 Å². The topological polar surface area (TPSA) is 145 Å². The zero-order valence-corrected chi connectivity index (χ0v) is 17.0. The number of rotatable bonds is 4. The number of sulfonamides is 1. The summed E-state index contributed by atoms with van der Waals surface area (Å²) in [6, 6.07) is 10.8. The summed E-state index contributed by atoms with van der Waals surface area (Å²) >= 11 is 0. The lowest BCUT2D eigenvalue weighted by Crippen LogP contribution is -2.41. The normalized spacial score (nSPS) is 16.3. The number of nitrogens with zero attached hydrogens (tertiary/aromatic N) is 3. The number of nitrogens with one attached hydrogen (secondary N) is 1. The maximum atomic E-state index is 13.8. The molecule has 1 aromatic heterocycles. The number of H-pyrrole nitrogens is 1. The smallest absolute Gasteiger partial charge is 0.330 e. The van der Waals surface area contributed by atoms with Gasteiger partial charge in [-0.2, -0.15) is 4.39 Å². The Labute approximate surface area is 179 Å². The third-order valence-electron chi connectivity index (χ3n) is 4.88. The van der Waals surface area contributed by atoms with E-state index in [9.17, 15) is 32.5 Å². The van der Waals surface area contributed by atoms with Crippen LogP contribution in [0.4, 0.5) is 15.8 Å². The van der Waals surface area contributed by atoms with Crippen LogP contribution in [0.15, 0.2) is 69.2 Å². The fourth-order valence-corrected chi connectivity index (χ4v) is 4.79. The van der Waals surface area contributed by atoms with E-state index in [1.54, 1.807) is 24.3 Å². The molecule has 0 aliphatic carbocycles. The molecule has 0 bridgehead atoms. The van der Waals surface area contributed by atoms with Crippen LogP contribution in [0.3, 0.4) is 0 Å². The molecule has 0 radical (unpaired) electrons. The van der Waals surface area contributed by atoms with Crippen molar-refractivity contribution in [2.45, 2.75) is 17.7 Å². The second kappa shape index (κ2) is 8.01. The van der Waals surface area contributed by atoms with E-state index < -0.39 is 44.8 Å². The van der Waals surface area contributed by atoms with Gasteiger partial charge in [0, 0.05) is 17.7 Å². The predicted octanol–water partition coefficient (Wildman–Crippen LogP) is 1.51. The number of ether oxygens (including phenoxy) is 1. The van der Waals surface area contributed by atoms with E-state index in [0.717, 1.165) is 33.1 Å². The molecule has 1 aliphatic heterocycles. The molecule has 32 heavy (non-hydrogen) atoms. The fraction of sp³-hybridized carbons (Fsp3) is 0.158. The van der Waals surface area contributed by atoms with Crippen molar-refractivity contribution in [2.75, 3.05) is 10.8 Å². The summed E-state index contributed by atoms with van der Waals surface area (Å²) < 4.78 is 48.2. The van der Waals surface area contributed by atoms with Gasteiger partial charge in [0.05, 0.1) is 34.9 Å². The van der Waals surface area contributed by atoms with Gasteiger partial charge in [-0.15, -0.1) is 0 Å². The van der Waals surface area contributed by atoms with Gasteiger partial charge in [0.25, 0.3) is 21.3 Å². The quantitative estimate of drug-likeness (QED) is 0.457. The predicted molar refractivity (Wildman–Crippen MR) is 109 cm³/mol. The number of halogens is 1. The molecule has 0 spiro atoms. The molecule has 4 rings (SSSR count). The first-order chi connectivity index (χ1) is 15.2. The highest BCUT2D eigenvalue weighted by Gasteiger charge is 2.33. The Morgan fingerprint density at radius 2 is 1.81 bits per heavy atom. The minimum absolute atomic E-state index is 0.0969. The Morgan fingerprint density at radius 1 is 1.12 bits per heavy atom. The molecule has 2 heterocycles. The summed E-state index contributed by atoms with van der Waals surface area (Å²) in [7, 11) is -4.26. The van der Waals surface area contributed by atoms with Crippen LogP contribution in [0.5, 0.6) is 0 Å². The van der Waals surface area contributed by atoms with Crippen LogP contribution in [0.1, 0.15) is 11.8 Å². The Kier molecular flexibility index (Phi) is 5.36. The number of anilines is 1. The fourth-order valence-electron chi connectivity index (χ4n) is 3.29. The lowest BCUT2D eigenvalue weighted by molar-refractivity contribution is -0.384. The van der Waals surface area contributed by atoms with Crippen molar-refractivity contribution in [1.29, 1.82) is 0 Å². The van der Waals surface area contributed by atoms with E-state index >= 15 is 0 Å². The maximum absolute atomic E-state index is 13.8. The number of aromatic nitrogens is 2. The van der Waals surface area contributed by atoms with Crippen molar-refractivity contribution in [2.24, 2.45) is 0 Å². The third-order valence-corrected chi connectivity index (χ3v) is 6.68. The minimum atomic E-state index is -4.26. The summed E-state index contributed by atoms with van der Waals surface area (Å²) in [5.41, 5.74) is -1.71. The molecule has 0 unspecified atom stereocenters.